The van der Waals surface area contributed by atoms with E-state index in [-0.39, 0.29) is 30.4 Å². The van der Waals surface area contributed by atoms with Crippen LogP contribution in [0.15, 0.2) is 24.3 Å². The van der Waals surface area contributed by atoms with Gasteiger partial charge in [0.05, 0.1) is 6.54 Å². The van der Waals surface area contributed by atoms with Crippen LogP contribution in [0.3, 0.4) is 0 Å². The zero-order chi connectivity index (χ0) is 12.9. The van der Waals surface area contributed by atoms with E-state index >= 15 is 0 Å². The van der Waals surface area contributed by atoms with Crippen molar-refractivity contribution in [1.82, 2.24) is 10.6 Å². The maximum atomic E-state index is 13.2. The lowest BCUT2D eigenvalue weighted by Crippen LogP contribution is -2.43. The number of nitrogens with one attached hydrogen (secondary N) is 2. The van der Waals surface area contributed by atoms with Gasteiger partial charge in [-0.25, -0.2) is 4.39 Å². The molecule has 4 heteroatoms. The fourth-order valence-corrected chi connectivity index (χ4v) is 1.24. The molecule has 0 aromatic heterocycles. The predicted octanol–water partition coefficient (Wildman–Crippen LogP) is 1.83. The first-order valence-electron chi connectivity index (χ1n) is 5.63. The molecule has 0 spiro atoms. The van der Waals surface area contributed by atoms with Crippen LogP contribution in [0, 0.1) is 5.82 Å². The number of hydrogen-bond donors (Lipinski definition) is 2. The number of carbonyl (C=O) groups is 1. The molecule has 1 aromatic rings. The molecule has 0 aliphatic carbocycles. The van der Waals surface area contributed by atoms with Crippen LogP contribution in [0.5, 0.6) is 0 Å². The summed E-state index contributed by atoms with van der Waals surface area (Å²) in [5.74, 6) is -0.431. The second-order valence-electron chi connectivity index (χ2n) is 4.97. The van der Waals surface area contributed by atoms with Crippen molar-refractivity contribution in [2.45, 2.75) is 32.9 Å². The maximum Gasteiger partial charge on any atom is 0.234 e. The van der Waals surface area contributed by atoms with E-state index in [4.69, 9.17) is 0 Å². The molecule has 1 aromatic carbocycles. The first kappa shape index (κ1) is 13.6. The van der Waals surface area contributed by atoms with Gasteiger partial charge >= 0.3 is 0 Å². The number of benzene rings is 1. The topological polar surface area (TPSA) is 41.1 Å². The van der Waals surface area contributed by atoms with Crippen LogP contribution < -0.4 is 10.6 Å². The number of rotatable bonds is 4. The van der Waals surface area contributed by atoms with Crippen molar-refractivity contribution >= 4 is 5.91 Å². The highest BCUT2D eigenvalue weighted by Crippen LogP contribution is 2.05. The van der Waals surface area contributed by atoms with Crippen molar-refractivity contribution in [3.8, 4) is 0 Å². The van der Waals surface area contributed by atoms with Crippen LogP contribution in [-0.2, 0) is 11.3 Å². The number of hydrogen-bond acceptors (Lipinski definition) is 2. The minimum atomic E-state index is -0.295. The van der Waals surface area contributed by atoms with Gasteiger partial charge < -0.3 is 10.6 Å². The molecule has 0 radical (unpaired) electrons. The molecule has 0 aliphatic rings. The lowest BCUT2D eigenvalue weighted by molar-refractivity contribution is -0.120. The van der Waals surface area contributed by atoms with Gasteiger partial charge in [0.2, 0.25) is 5.91 Å². The summed E-state index contributed by atoms with van der Waals surface area (Å²) in [5.41, 5.74) is 0.395. The van der Waals surface area contributed by atoms with Crippen molar-refractivity contribution in [1.29, 1.82) is 0 Å². The number of amides is 1. The van der Waals surface area contributed by atoms with E-state index in [1.54, 1.807) is 18.2 Å². The summed E-state index contributed by atoms with van der Waals surface area (Å²) in [7, 11) is 0. The largest absolute Gasteiger partial charge is 0.351 e. The molecule has 0 aliphatic heterocycles. The molecule has 17 heavy (non-hydrogen) atoms. The normalized spacial score (nSPS) is 11.3. The van der Waals surface area contributed by atoms with Crippen molar-refractivity contribution in [2.24, 2.45) is 0 Å². The monoisotopic (exact) mass is 238 g/mol. The van der Waals surface area contributed by atoms with Crippen LogP contribution in [0.25, 0.3) is 0 Å². The Morgan fingerprint density at radius 2 is 1.94 bits per heavy atom. The van der Waals surface area contributed by atoms with Crippen molar-refractivity contribution in [3.05, 3.63) is 35.6 Å². The molecule has 0 heterocycles. The molecule has 1 amide bonds. The molecular formula is C13H19FN2O. The highest BCUT2D eigenvalue weighted by molar-refractivity contribution is 5.78. The zero-order valence-corrected chi connectivity index (χ0v) is 10.5. The van der Waals surface area contributed by atoms with Crippen LogP contribution in [0.4, 0.5) is 4.39 Å². The lowest BCUT2D eigenvalue weighted by atomic mass is 10.1. The van der Waals surface area contributed by atoms with Crippen LogP contribution >= 0.6 is 0 Å². The Bertz CT molecular complexity index is 385. The molecule has 1 rings (SSSR count). The minimum absolute atomic E-state index is 0.102. The molecule has 2 N–H and O–H groups in total. The van der Waals surface area contributed by atoms with Gasteiger partial charge in [-0.3, -0.25) is 4.79 Å². The molecule has 94 valence electrons. The van der Waals surface area contributed by atoms with Gasteiger partial charge in [0, 0.05) is 17.6 Å². The molecular weight excluding hydrogens is 219 g/mol. The van der Waals surface area contributed by atoms with E-state index in [9.17, 15) is 9.18 Å². The molecule has 0 atom stereocenters. The second-order valence-corrected chi connectivity index (χ2v) is 4.97. The SMILES string of the molecule is CC(C)(C)NCC(=O)NCc1ccccc1F. The second kappa shape index (κ2) is 5.77. The lowest BCUT2D eigenvalue weighted by Gasteiger charge is -2.20. The average molecular weight is 238 g/mol. The molecule has 0 unspecified atom stereocenters. The number of halogens is 1. The summed E-state index contributed by atoms with van der Waals surface area (Å²) in [6.45, 7) is 6.40. The Morgan fingerprint density at radius 3 is 2.53 bits per heavy atom. The third-order valence-corrected chi connectivity index (χ3v) is 2.21. The van der Waals surface area contributed by atoms with Gasteiger partial charge in [0.15, 0.2) is 0 Å². The zero-order valence-electron chi connectivity index (χ0n) is 10.5. The first-order chi connectivity index (χ1) is 7.88. The van der Waals surface area contributed by atoms with E-state index in [2.05, 4.69) is 10.6 Å². The highest BCUT2D eigenvalue weighted by Gasteiger charge is 2.11. The Labute approximate surface area is 101 Å². The van der Waals surface area contributed by atoms with E-state index in [1.165, 1.54) is 6.07 Å². The van der Waals surface area contributed by atoms with Gasteiger partial charge in [0.1, 0.15) is 5.82 Å². The Morgan fingerprint density at radius 1 is 1.29 bits per heavy atom. The third kappa shape index (κ3) is 5.45. The summed E-state index contributed by atoms with van der Waals surface area (Å²) < 4.78 is 13.2. The predicted molar refractivity (Wildman–Crippen MR) is 66.0 cm³/mol. The highest BCUT2D eigenvalue weighted by atomic mass is 19.1. The van der Waals surface area contributed by atoms with Gasteiger partial charge in [-0.1, -0.05) is 18.2 Å². The molecule has 0 fully saturated rings. The summed E-state index contributed by atoms with van der Waals surface area (Å²) in [4.78, 5) is 11.5. The Balaban J connectivity index is 2.36. The summed E-state index contributed by atoms with van der Waals surface area (Å²) in [6.07, 6.45) is 0. The summed E-state index contributed by atoms with van der Waals surface area (Å²) in [5, 5.41) is 5.74. The fraction of sp³-hybridized carbons (Fsp3) is 0.462. The average Bonchev–Trinajstić information content (AvgIpc) is 2.24. The minimum Gasteiger partial charge on any atom is -0.351 e. The smallest absolute Gasteiger partial charge is 0.234 e. The van der Waals surface area contributed by atoms with Gasteiger partial charge in [-0.05, 0) is 26.8 Å². The molecule has 3 nitrogen and oxygen atoms in total. The fourth-order valence-electron chi connectivity index (χ4n) is 1.24. The van der Waals surface area contributed by atoms with Crippen LogP contribution in [0.2, 0.25) is 0 Å². The molecule has 0 saturated heterocycles. The van der Waals surface area contributed by atoms with Gasteiger partial charge in [-0.15, -0.1) is 0 Å². The first-order valence-corrected chi connectivity index (χ1v) is 5.63. The van der Waals surface area contributed by atoms with Crippen LogP contribution in [0.1, 0.15) is 26.3 Å². The van der Waals surface area contributed by atoms with Crippen molar-refractivity contribution < 1.29 is 9.18 Å². The van der Waals surface area contributed by atoms with Gasteiger partial charge in [-0.2, -0.15) is 0 Å². The molecule has 0 bridgehead atoms. The van der Waals surface area contributed by atoms with Crippen molar-refractivity contribution in [3.63, 3.8) is 0 Å². The van der Waals surface area contributed by atoms with Crippen molar-refractivity contribution in [2.75, 3.05) is 6.54 Å². The van der Waals surface area contributed by atoms with E-state index < -0.39 is 0 Å². The summed E-state index contributed by atoms with van der Waals surface area (Å²) in [6, 6.07) is 6.42. The van der Waals surface area contributed by atoms with Crippen LogP contribution in [-0.4, -0.2) is 18.0 Å². The molecule has 0 saturated carbocycles. The quantitative estimate of drug-likeness (QED) is 0.840. The Hall–Kier alpha value is -1.42. The number of carbonyl (C=O) groups excluding carboxylic acids is 1. The van der Waals surface area contributed by atoms with E-state index in [0.717, 1.165) is 0 Å². The Kier molecular flexibility index (Phi) is 4.63. The van der Waals surface area contributed by atoms with E-state index in [1.807, 2.05) is 20.8 Å². The standard InChI is InChI=1S/C13H19FN2O/c1-13(2,3)16-9-12(17)15-8-10-6-4-5-7-11(10)14/h4-7,16H,8-9H2,1-3H3,(H,15,17). The summed E-state index contributed by atoms with van der Waals surface area (Å²) >= 11 is 0. The van der Waals surface area contributed by atoms with Gasteiger partial charge in [0.25, 0.3) is 0 Å². The maximum absolute atomic E-state index is 13.2. The third-order valence-electron chi connectivity index (χ3n) is 2.21. The van der Waals surface area contributed by atoms with E-state index in [0.29, 0.717) is 5.56 Å².